The lowest BCUT2D eigenvalue weighted by atomic mass is 9.94. The molecule has 0 saturated heterocycles. The number of pyridine rings is 3. The van der Waals surface area contributed by atoms with Crippen LogP contribution < -0.4 is 57.9 Å². The highest BCUT2D eigenvalue weighted by Crippen LogP contribution is 2.45. The van der Waals surface area contributed by atoms with Crippen LogP contribution >= 0.6 is 11.3 Å². The van der Waals surface area contributed by atoms with E-state index in [1.165, 1.54) is 47.4 Å². The Kier molecular flexibility index (Phi) is 6.69. The predicted molar refractivity (Wildman–Crippen MR) is 137 cm³/mol. The molecule has 4 heterocycles. The highest BCUT2D eigenvalue weighted by Gasteiger charge is 2.20. The van der Waals surface area contributed by atoms with E-state index in [4.69, 9.17) is 0 Å². The molecule has 0 aliphatic carbocycles. The molecule has 170 valence electrons. The fraction of sp³-hybridized carbons (Fsp3) is 0. The zero-order valence-electron chi connectivity index (χ0n) is 18.4. The maximum absolute atomic E-state index is 4.67. The average molecular weight is 695 g/mol. The second-order valence-corrected chi connectivity index (χ2v) is 9.27. The number of thiophene rings is 1. The summed E-state index contributed by atoms with van der Waals surface area (Å²) >= 11 is 1.87. The Hall–Kier alpha value is -2.69. The van der Waals surface area contributed by atoms with E-state index in [2.05, 4.69) is 81.7 Å². The number of hydrogen-bond acceptors (Lipinski definition) is 2. The number of aromatic nitrogens is 3. The van der Waals surface area contributed by atoms with E-state index in [1.807, 2.05) is 48.1 Å². The largest absolute Gasteiger partial charge is 1.00 e. The highest BCUT2D eigenvalue weighted by atomic mass is 127. The van der Waals surface area contributed by atoms with Crippen molar-refractivity contribution in [1.29, 1.82) is 0 Å². The monoisotopic (exact) mass is 695 g/mol. The van der Waals surface area contributed by atoms with Crippen molar-refractivity contribution in [2.24, 2.45) is 0 Å². The molecule has 0 radical (unpaired) electrons. The van der Waals surface area contributed by atoms with Crippen LogP contribution in [0, 0.1) is 0 Å². The molecule has 0 spiro atoms. The topological polar surface area (TPSA) is 41.2 Å². The van der Waals surface area contributed by atoms with Crippen molar-refractivity contribution in [3.05, 3.63) is 103 Å². The van der Waals surface area contributed by atoms with Crippen LogP contribution in [0.5, 0.6) is 0 Å². The van der Waals surface area contributed by atoms with Gasteiger partial charge in [0.1, 0.15) is 0 Å². The van der Waals surface area contributed by atoms with E-state index in [0.717, 1.165) is 17.0 Å². The smallest absolute Gasteiger partial charge is 0.220 e. The van der Waals surface area contributed by atoms with Crippen molar-refractivity contribution in [3.63, 3.8) is 0 Å². The van der Waals surface area contributed by atoms with E-state index >= 15 is 0 Å². The molecule has 35 heavy (non-hydrogen) atoms. The standard InChI is InChI=1S/C29H17N3S.2HI/c1-2-15-30-22(9-1)21-8-5-16-31-23(21)13-11-18-12-14-25-28-26(18)29-20(7-4-17-32-29)19-6-3-10-24(33-25)27(19)28;;/h1-17H;2*1H/b13-11+;;. The molecule has 0 unspecified atom stereocenters. The van der Waals surface area contributed by atoms with E-state index in [-0.39, 0.29) is 48.0 Å². The first kappa shape index (κ1) is 24.0. The van der Waals surface area contributed by atoms with Gasteiger partial charge in [0.25, 0.3) is 0 Å². The molecule has 6 heteroatoms. The SMILES string of the molecule is C(=C\c1ccc2sc3cccc4c5ccc[nH+]c5c1c2c34)/c1ncccc1-c1cccc[nH+]1.[I-].[I-]. The van der Waals surface area contributed by atoms with E-state index < -0.39 is 0 Å². The first-order valence-electron chi connectivity index (χ1n) is 11.0. The summed E-state index contributed by atoms with van der Waals surface area (Å²) < 4.78 is 2.66. The van der Waals surface area contributed by atoms with Gasteiger partial charge in [-0.15, -0.1) is 11.3 Å². The van der Waals surface area contributed by atoms with Gasteiger partial charge < -0.3 is 48.0 Å². The molecule has 4 aromatic heterocycles. The lowest BCUT2D eigenvalue weighted by Gasteiger charge is -2.08. The summed E-state index contributed by atoms with van der Waals surface area (Å²) in [5.74, 6) is 0. The molecule has 0 atom stereocenters. The molecule has 2 N–H and O–H groups in total. The molecule has 3 aromatic carbocycles. The molecule has 7 rings (SSSR count). The van der Waals surface area contributed by atoms with Crippen LogP contribution in [0.1, 0.15) is 11.3 Å². The number of rotatable bonds is 3. The van der Waals surface area contributed by atoms with Crippen molar-refractivity contribution >= 4 is 65.3 Å². The van der Waals surface area contributed by atoms with Gasteiger partial charge in [-0.2, -0.15) is 0 Å². The van der Waals surface area contributed by atoms with E-state index in [0.29, 0.717) is 0 Å². The van der Waals surface area contributed by atoms with Crippen LogP contribution in [-0.4, -0.2) is 4.98 Å². The summed E-state index contributed by atoms with van der Waals surface area (Å²) in [7, 11) is 0. The third kappa shape index (κ3) is 3.88. The molecular formula is C29H19I2N3S. The molecule has 3 nitrogen and oxygen atoms in total. The first-order chi connectivity index (χ1) is 16.4. The number of hydrogen-bond donors (Lipinski definition) is 0. The Labute approximate surface area is 240 Å². The summed E-state index contributed by atoms with van der Waals surface area (Å²) in [4.78, 5) is 11.5. The number of aromatic amines is 2. The number of nitrogens with one attached hydrogen (secondary N) is 2. The lowest BCUT2D eigenvalue weighted by molar-refractivity contribution is -0.364. The Morgan fingerprint density at radius 3 is 2.40 bits per heavy atom. The molecule has 0 aliphatic heterocycles. The number of nitrogens with zero attached hydrogens (tertiary/aromatic N) is 1. The van der Waals surface area contributed by atoms with E-state index in [9.17, 15) is 0 Å². The van der Waals surface area contributed by atoms with Crippen LogP contribution in [0.25, 0.3) is 65.3 Å². The first-order valence-corrected chi connectivity index (χ1v) is 11.8. The molecule has 0 amide bonds. The highest BCUT2D eigenvalue weighted by molar-refractivity contribution is 7.26. The second-order valence-electron chi connectivity index (χ2n) is 8.19. The zero-order chi connectivity index (χ0) is 21.8. The minimum atomic E-state index is 0. The summed E-state index contributed by atoms with van der Waals surface area (Å²) in [6.07, 6.45) is 10.1. The van der Waals surface area contributed by atoms with Crippen LogP contribution in [0.3, 0.4) is 0 Å². The Morgan fingerprint density at radius 2 is 1.51 bits per heavy atom. The molecular weight excluding hydrogens is 676 g/mol. The maximum Gasteiger partial charge on any atom is 0.220 e. The van der Waals surface area contributed by atoms with Crippen LogP contribution in [0.15, 0.2) is 91.4 Å². The van der Waals surface area contributed by atoms with Gasteiger partial charge in [-0.3, -0.25) is 4.98 Å². The molecule has 0 aliphatic rings. The number of fused-ring (bicyclic) bond motifs is 3. The Morgan fingerprint density at radius 1 is 0.657 bits per heavy atom. The average Bonchev–Trinajstić information content (AvgIpc) is 3.27. The van der Waals surface area contributed by atoms with Gasteiger partial charge in [0.05, 0.1) is 22.0 Å². The molecule has 0 fully saturated rings. The minimum Gasteiger partial charge on any atom is -1.00 e. The van der Waals surface area contributed by atoms with Crippen LogP contribution in [0.2, 0.25) is 0 Å². The molecule has 0 bridgehead atoms. The third-order valence-electron chi connectivity index (χ3n) is 6.35. The van der Waals surface area contributed by atoms with Crippen LogP contribution in [-0.2, 0) is 0 Å². The Bertz CT molecular complexity index is 1830. The fourth-order valence-corrected chi connectivity index (χ4v) is 6.07. The summed E-state index contributed by atoms with van der Waals surface area (Å²) in [5.41, 5.74) is 5.44. The number of benzene rings is 3. The fourth-order valence-electron chi connectivity index (χ4n) is 4.93. The predicted octanol–water partition coefficient (Wildman–Crippen LogP) is 0.667. The number of H-pyrrole nitrogens is 2. The van der Waals surface area contributed by atoms with Crippen LogP contribution in [0.4, 0.5) is 0 Å². The molecule has 7 aromatic rings. The van der Waals surface area contributed by atoms with Gasteiger partial charge in [0, 0.05) is 44.6 Å². The van der Waals surface area contributed by atoms with Gasteiger partial charge in [-0.1, -0.05) is 24.3 Å². The van der Waals surface area contributed by atoms with E-state index in [1.54, 1.807) is 0 Å². The summed E-state index contributed by atoms with van der Waals surface area (Å²) in [6.45, 7) is 0. The minimum absolute atomic E-state index is 0. The normalized spacial score (nSPS) is 11.4. The van der Waals surface area contributed by atoms with Gasteiger partial charge in [0.15, 0.2) is 12.4 Å². The summed E-state index contributed by atoms with van der Waals surface area (Å²) in [5, 5.41) is 6.56. The van der Waals surface area contributed by atoms with Gasteiger partial charge in [0.2, 0.25) is 11.2 Å². The van der Waals surface area contributed by atoms with Gasteiger partial charge >= 0.3 is 0 Å². The molecule has 0 saturated carbocycles. The van der Waals surface area contributed by atoms with Crippen molar-refractivity contribution in [2.45, 2.75) is 0 Å². The zero-order valence-corrected chi connectivity index (χ0v) is 23.6. The van der Waals surface area contributed by atoms with Crippen molar-refractivity contribution in [3.8, 4) is 11.3 Å². The van der Waals surface area contributed by atoms with Crippen molar-refractivity contribution in [2.75, 3.05) is 0 Å². The Balaban J connectivity index is 0.00000127. The third-order valence-corrected chi connectivity index (χ3v) is 7.47. The van der Waals surface area contributed by atoms with Gasteiger partial charge in [-0.05, 0) is 53.4 Å². The summed E-state index contributed by atoms with van der Waals surface area (Å²) in [6, 6.07) is 25.6. The van der Waals surface area contributed by atoms with Gasteiger partial charge in [-0.25, -0.2) is 9.97 Å². The quantitative estimate of drug-likeness (QED) is 0.198. The lowest BCUT2D eigenvalue weighted by Crippen LogP contribution is -3.00. The van der Waals surface area contributed by atoms with Crippen molar-refractivity contribution in [1.82, 2.24) is 4.98 Å². The maximum atomic E-state index is 4.67. The second kappa shape index (κ2) is 9.75. The van der Waals surface area contributed by atoms with Crippen molar-refractivity contribution < 1.29 is 57.9 Å². The number of halogens is 2.